The van der Waals surface area contributed by atoms with Gasteiger partial charge in [0.25, 0.3) is 0 Å². The number of rotatable bonds is 6. The Hall–Kier alpha value is -2.16. The molecule has 1 aromatic heterocycles. The first-order valence-electron chi connectivity index (χ1n) is 8.18. The average Bonchev–Trinajstić information content (AvgIpc) is 2.56. The second-order valence-corrected chi connectivity index (χ2v) is 8.32. The van der Waals surface area contributed by atoms with E-state index < -0.39 is 27.9 Å². The summed E-state index contributed by atoms with van der Waals surface area (Å²) in [7, 11) is -3.42. The van der Waals surface area contributed by atoms with Gasteiger partial charge in [-0.05, 0) is 37.8 Å². The average molecular weight is 369 g/mol. The summed E-state index contributed by atoms with van der Waals surface area (Å²) in [5.41, 5.74) is 1.30. The summed E-state index contributed by atoms with van der Waals surface area (Å²) >= 11 is 0. The van der Waals surface area contributed by atoms with Gasteiger partial charge in [0.15, 0.2) is 9.84 Å². The zero-order chi connectivity index (χ0) is 18.4. The number of sulfone groups is 1. The van der Waals surface area contributed by atoms with Crippen LogP contribution in [0.25, 0.3) is 0 Å². The Morgan fingerprint density at radius 1 is 1.40 bits per heavy atom. The number of amides is 2. The molecule has 9 heteroatoms. The van der Waals surface area contributed by atoms with Crippen molar-refractivity contribution in [3.8, 4) is 0 Å². The van der Waals surface area contributed by atoms with Crippen LogP contribution in [0.3, 0.4) is 0 Å². The third-order valence-electron chi connectivity index (χ3n) is 4.24. The minimum atomic E-state index is -3.42. The smallest absolute Gasteiger partial charge is 0.407 e. The van der Waals surface area contributed by atoms with Gasteiger partial charge in [-0.1, -0.05) is 6.07 Å². The highest BCUT2D eigenvalue weighted by atomic mass is 32.2. The van der Waals surface area contributed by atoms with Crippen molar-refractivity contribution in [1.82, 2.24) is 15.2 Å². The van der Waals surface area contributed by atoms with E-state index in [0.717, 1.165) is 23.3 Å². The normalized spacial score (nSPS) is 18.0. The first kappa shape index (κ1) is 19.2. The van der Waals surface area contributed by atoms with Gasteiger partial charge in [-0.25, -0.2) is 13.2 Å². The highest BCUT2D eigenvalue weighted by Gasteiger charge is 2.31. The van der Waals surface area contributed by atoms with Crippen LogP contribution in [0.4, 0.5) is 4.79 Å². The van der Waals surface area contributed by atoms with Crippen molar-refractivity contribution in [1.29, 1.82) is 0 Å². The molecular weight excluding hydrogens is 346 g/mol. The van der Waals surface area contributed by atoms with Crippen LogP contribution in [0.2, 0.25) is 0 Å². The molecule has 0 aliphatic carbocycles. The number of carboxylic acid groups (broad SMARTS) is 1. The Balaban J connectivity index is 1.87. The molecule has 0 radical (unpaired) electrons. The minimum Gasteiger partial charge on any atom is -0.465 e. The van der Waals surface area contributed by atoms with Crippen LogP contribution in [0.5, 0.6) is 0 Å². The van der Waals surface area contributed by atoms with Crippen molar-refractivity contribution in [3.05, 3.63) is 29.6 Å². The molecule has 1 aliphatic heterocycles. The first-order chi connectivity index (χ1) is 11.8. The molecule has 0 spiro atoms. The van der Waals surface area contributed by atoms with Gasteiger partial charge >= 0.3 is 6.09 Å². The van der Waals surface area contributed by atoms with E-state index in [9.17, 15) is 18.0 Å². The molecule has 1 aliphatic rings. The van der Waals surface area contributed by atoms with E-state index in [2.05, 4.69) is 10.3 Å². The molecule has 25 heavy (non-hydrogen) atoms. The number of hydrogen-bond donors (Lipinski definition) is 2. The summed E-state index contributed by atoms with van der Waals surface area (Å²) in [5.74, 6) is -0.833. The van der Waals surface area contributed by atoms with E-state index in [4.69, 9.17) is 5.11 Å². The lowest BCUT2D eigenvalue weighted by Gasteiger charge is -2.32. The Labute approximate surface area is 147 Å². The van der Waals surface area contributed by atoms with E-state index in [1.54, 1.807) is 25.3 Å². The lowest BCUT2D eigenvalue weighted by atomic mass is 10.0. The van der Waals surface area contributed by atoms with Crippen LogP contribution in [0, 0.1) is 6.92 Å². The van der Waals surface area contributed by atoms with Gasteiger partial charge in [-0.15, -0.1) is 0 Å². The standard InChI is InChI=1S/C16H23N3O5S/c1-12-5-4-7-17-13(12)11-25(23,24)10-8-18-15(20)14-6-2-3-9-19(14)16(21)22/h4-5,7,14H,2-3,6,8-11H2,1H3,(H,18,20)(H,21,22). The van der Waals surface area contributed by atoms with Gasteiger partial charge in [-0.3, -0.25) is 14.7 Å². The molecule has 1 unspecified atom stereocenters. The topological polar surface area (TPSA) is 117 Å². The van der Waals surface area contributed by atoms with Gasteiger partial charge in [-0.2, -0.15) is 0 Å². The Morgan fingerprint density at radius 2 is 2.16 bits per heavy atom. The molecule has 8 nitrogen and oxygen atoms in total. The third kappa shape index (κ3) is 5.42. The molecule has 2 amide bonds. The Kier molecular flexibility index (Phi) is 6.35. The van der Waals surface area contributed by atoms with E-state index in [1.165, 1.54) is 0 Å². The van der Waals surface area contributed by atoms with Crippen LogP contribution in [-0.4, -0.2) is 60.3 Å². The predicted molar refractivity (Wildman–Crippen MR) is 91.8 cm³/mol. The summed E-state index contributed by atoms with van der Waals surface area (Å²) < 4.78 is 24.4. The predicted octanol–water partition coefficient (Wildman–Crippen LogP) is 0.954. The van der Waals surface area contributed by atoms with Crippen LogP contribution in [0.15, 0.2) is 18.3 Å². The fraction of sp³-hybridized carbons (Fsp3) is 0.562. The number of aromatic nitrogens is 1. The molecule has 1 fully saturated rings. The number of pyridine rings is 1. The summed E-state index contributed by atoms with van der Waals surface area (Å²) in [6, 6.07) is 2.79. The fourth-order valence-corrected chi connectivity index (χ4v) is 4.11. The summed E-state index contributed by atoms with van der Waals surface area (Å²) in [6.45, 7) is 2.07. The van der Waals surface area contributed by atoms with E-state index in [1.807, 2.05) is 0 Å². The first-order valence-corrected chi connectivity index (χ1v) is 10.0. The number of hydrogen-bond acceptors (Lipinski definition) is 5. The highest BCUT2D eigenvalue weighted by Crippen LogP contribution is 2.17. The summed E-state index contributed by atoms with van der Waals surface area (Å²) in [4.78, 5) is 28.6. The lowest BCUT2D eigenvalue weighted by Crippen LogP contribution is -2.52. The number of carbonyl (C=O) groups excluding carboxylic acids is 1. The number of carbonyl (C=O) groups is 2. The lowest BCUT2D eigenvalue weighted by molar-refractivity contribution is -0.126. The third-order valence-corrected chi connectivity index (χ3v) is 5.78. The van der Waals surface area contributed by atoms with Crippen molar-refractivity contribution in [2.45, 2.75) is 38.0 Å². The maximum atomic E-state index is 12.2. The molecule has 1 atom stereocenters. The van der Waals surface area contributed by atoms with Gasteiger partial charge in [0.2, 0.25) is 5.91 Å². The Bertz CT molecular complexity index is 735. The fourth-order valence-electron chi connectivity index (χ4n) is 2.83. The molecule has 2 N–H and O–H groups in total. The largest absolute Gasteiger partial charge is 0.465 e. The van der Waals surface area contributed by atoms with Crippen LogP contribution < -0.4 is 5.32 Å². The van der Waals surface area contributed by atoms with E-state index in [0.29, 0.717) is 18.7 Å². The van der Waals surface area contributed by atoms with Gasteiger partial charge in [0.1, 0.15) is 6.04 Å². The molecule has 0 bridgehead atoms. The molecule has 2 heterocycles. The number of aryl methyl sites for hydroxylation is 1. The minimum absolute atomic E-state index is 0.0446. The van der Waals surface area contributed by atoms with Gasteiger partial charge in [0.05, 0.1) is 17.2 Å². The summed E-state index contributed by atoms with van der Waals surface area (Å²) in [5, 5.41) is 11.7. The van der Waals surface area contributed by atoms with Crippen molar-refractivity contribution >= 4 is 21.8 Å². The van der Waals surface area contributed by atoms with Crippen molar-refractivity contribution in [3.63, 3.8) is 0 Å². The quantitative estimate of drug-likeness (QED) is 0.771. The number of piperidine rings is 1. The van der Waals surface area contributed by atoms with Crippen molar-refractivity contribution < 1.29 is 23.1 Å². The number of nitrogens with one attached hydrogen (secondary N) is 1. The zero-order valence-electron chi connectivity index (χ0n) is 14.1. The summed E-state index contributed by atoms with van der Waals surface area (Å²) in [6.07, 6.45) is 2.38. The second-order valence-electron chi connectivity index (χ2n) is 6.14. The van der Waals surface area contributed by atoms with Crippen LogP contribution >= 0.6 is 0 Å². The molecule has 1 aromatic rings. The number of nitrogens with zero attached hydrogens (tertiary/aromatic N) is 2. The maximum Gasteiger partial charge on any atom is 0.407 e. The van der Waals surface area contributed by atoms with Crippen LogP contribution in [-0.2, 0) is 20.4 Å². The van der Waals surface area contributed by atoms with Gasteiger partial charge in [0, 0.05) is 19.3 Å². The molecule has 2 rings (SSSR count). The Morgan fingerprint density at radius 3 is 2.84 bits per heavy atom. The van der Waals surface area contributed by atoms with Crippen molar-refractivity contribution in [2.75, 3.05) is 18.8 Å². The molecule has 0 aromatic carbocycles. The maximum absolute atomic E-state index is 12.2. The van der Waals surface area contributed by atoms with E-state index in [-0.39, 0.29) is 18.1 Å². The highest BCUT2D eigenvalue weighted by molar-refractivity contribution is 7.90. The molecular formula is C16H23N3O5S. The SMILES string of the molecule is Cc1cccnc1CS(=O)(=O)CCNC(=O)C1CCCCN1C(=O)O. The molecule has 138 valence electrons. The zero-order valence-corrected chi connectivity index (χ0v) is 15.0. The van der Waals surface area contributed by atoms with Crippen LogP contribution in [0.1, 0.15) is 30.5 Å². The monoisotopic (exact) mass is 369 g/mol. The molecule has 0 saturated carbocycles. The van der Waals surface area contributed by atoms with Gasteiger partial charge < -0.3 is 10.4 Å². The second kappa shape index (κ2) is 8.28. The van der Waals surface area contributed by atoms with E-state index >= 15 is 0 Å². The number of likely N-dealkylation sites (tertiary alicyclic amines) is 1. The molecule has 1 saturated heterocycles. The van der Waals surface area contributed by atoms with Crippen molar-refractivity contribution in [2.24, 2.45) is 0 Å².